The number of ether oxygens (including phenoxy) is 1. The number of rotatable bonds is 6. The van der Waals surface area contributed by atoms with E-state index in [2.05, 4.69) is 4.74 Å². The van der Waals surface area contributed by atoms with Crippen LogP contribution in [0, 0.1) is 11.8 Å². The van der Waals surface area contributed by atoms with E-state index < -0.39 is 22.6 Å². The smallest absolute Gasteiger partial charge is 0.372 e. The van der Waals surface area contributed by atoms with Crippen molar-refractivity contribution in [2.45, 2.75) is 19.0 Å². The van der Waals surface area contributed by atoms with Crippen molar-refractivity contribution in [1.29, 1.82) is 0 Å². The van der Waals surface area contributed by atoms with Gasteiger partial charge in [-0.05, 0) is 24.7 Å². The molecular weight excluding hydrogens is 293 g/mol. The summed E-state index contributed by atoms with van der Waals surface area (Å²) in [5.74, 6) is 0.326. The van der Waals surface area contributed by atoms with Gasteiger partial charge in [0.05, 0.1) is 11.5 Å². The Kier molecular flexibility index (Phi) is 5.73. The molecule has 0 aliphatic carbocycles. The van der Waals surface area contributed by atoms with Crippen LogP contribution >= 0.6 is 11.6 Å². The van der Waals surface area contributed by atoms with E-state index in [9.17, 15) is 21.6 Å². The fraction of sp³-hybridized carbons (Fsp3) is 1.00. The highest BCUT2D eigenvalue weighted by atomic mass is 35.5. The third-order valence-electron chi connectivity index (χ3n) is 3.03. The minimum absolute atomic E-state index is 0.0482. The van der Waals surface area contributed by atoms with E-state index in [4.69, 9.17) is 11.6 Å². The van der Waals surface area contributed by atoms with Gasteiger partial charge in [-0.25, -0.2) is 8.42 Å². The number of hydrogen-bond donors (Lipinski definition) is 0. The zero-order valence-corrected chi connectivity index (χ0v) is 11.3. The van der Waals surface area contributed by atoms with Crippen molar-refractivity contribution in [3.63, 3.8) is 0 Å². The standard InChI is InChI=1S/C10H16ClF3O3S/c11-5-8(1-3-17-7-10(12,13)14)9-2-4-18(15,16)6-9/h8-9H,1-7H2. The maximum Gasteiger partial charge on any atom is 0.411 e. The molecule has 0 aromatic carbocycles. The molecule has 0 bridgehead atoms. The minimum Gasteiger partial charge on any atom is -0.372 e. The Labute approximate surface area is 110 Å². The molecule has 8 heteroatoms. The van der Waals surface area contributed by atoms with Crippen molar-refractivity contribution in [1.82, 2.24) is 0 Å². The molecule has 0 radical (unpaired) electrons. The summed E-state index contributed by atoms with van der Waals surface area (Å²) >= 11 is 5.74. The van der Waals surface area contributed by atoms with Crippen molar-refractivity contribution in [2.75, 3.05) is 30.6 Å². The van der Waals surface area contributed by atoms with Gasteiger partial charge in [-0.2, -0.15) is 13.2 Å². The second-order valence-corrected chi connectivity index (χ2v) is 7.07. The highest BCUT2D eigenvalue weighted by Gasteiger charge is 2.33. The van der Waals surface area contributed by atoms with Crippen molar-refractivity contribution < 1.29 is 26.3 Å². The molecular formula is C10H16ClF3O3S. The van der Waals surface area contributed by atoms with Crippen molar-refractivity contribution in [3.8, 4) is 0 Å². The molecule has 108 valence electrons. The van der Waals surface area contributed by atoms with E-state index in [0.29, 0.717) is 12.8 Å². The maximum atomic E-state index is 11.8. The van der Waals surface area contributed by atoms with Gasteiger partial charge in [0.15, 0.2) is 9.84 Å². The fourth-order valence-electron chi connectivity index (χ4n) is 2.06. The van der Waals surface area contributed by atoms with Crippen LogP contribution in [0.3, 0.4) is 0 Å². The first-order chi connectivity index (χ1) is 8.23. The SMILES string of the molecule is O=S1(=O)CCC(C(CCl)CCOCC(F)(F)F)C1. The Balaban J connectivity index is 2.31. The van der Waals surface area contributed by atoms with Crippen LogP contribution in [0.15, 0.2) is 0 Å². The third-order valence-corrected chi connectivity index (χ3v) is 5.22. The molecule has 0 amide bonds. The van der Waals surface area contributed by atoms with Gasteiger partial charge in [-0.1, -0.05) is 0 Å². The lowest BCUT2D eigenvalue weighted by Crippen LogP contribution is -2.22. The van der Waals surface area contributed by atoms with Crippen LogP contribution in [0.5, 0.6) is 0 Å². The van der Waals surface area contributed by atoms with Crippen molar-refractivity contribution in [2.24, 2.45) is 11.8 Å². The van der Waals surface area contributed by atoms with Gasteiger partial charge in [-0.15, -0.1) is 11.6 Å². The summed E-state index contributed by atoms with van der Waals surface area (Å²) in [5.41, 5.74) is 0. The second kappa shape index (κ2) is 6.43. The lowest BCUT2D eigenvalue weighted by Gasteiger charge is -2.20. The quantitative estimate of drug-likeness (QED) is 0.558. The molecule has 0 spiro atoms. The monoisotopic (exact) mass is 308 g/mol. The summed E-state index contributed by atoms with van der Waals surface area (Å²) < 4.78 is 62.6. The van der Waals surface area contributed by atoms with Crippen LogP contribution < -0.4 is 0 Å². The number of alkyl halides is 4. The van der Waals surface area contributed by atoms with Gasteiger partial charge in [0.25, 0.3) is 0 Å². The Morgan fingerprint density at radius 3 is 2.50 bits per heavy atom. The Hall–Kier alpha value is -0.0100. The van der Waals surface area contributed by atoms with Crippen LogP contribution in [0.4, 0.5) is 13.2 Å². The molecule has 1 aliphatic heterocycles. The van der Waals surface area contributed by atoms with Gasteiger partial charge < -0.3 is 4.74 Å². The summed E-state index contributed by atoms with van der Waals surface area (Å²) in [6.07, 6.45) is -3.42. The maximum absolute atomic E-state index is 11.8. The predicted octanol–water partition coefficient (Wildman–Crippen LogP) is 2.25. The van der Waals surface area contributed by atoms with Crippen LogP contribution in [0.2, 0.25) is 0 Å². The van der Waals surface area contributed by atoms with E-state index in [1.807, 2.05) is 0 Å². The van der Waals surface area contributed by atoms with Crippen molar-refractivity contribution >= 4 is 21.4 Å². The van der Waals surface area contributed by atoms with Crippen LogP contribution in [-0.4, -0.2) is 45.2 Å². The molecule has 2 unspecified atom stereocenters. The van der Waals surface area contributed by atoms with Gasteiger partial charge >= 0.3 is 6.18 Å². The van der Waals surface area contributed by atoms with E-state index in [1.165, 1.54) is 0 Å². The highest BCUT2D eigenvalue weighted by molar-refractivity contribution is 7.91. The Morgan fingerprint density at radius 1 is 1.39 bits per heavy atom. The highest BCUT2D eigenvalue weighted by Crippen LogP contribution is 2.29. The largest absolute Gasteiger partial charge is 0.411 e. The predicted molar refractivity (Wildman–Crippen MR) is 62.5 cm³/mol. The first kappa shape index (κ1) is 16.0. The second-order valence-electron chi connectivity index (χ2n) is 4.53. The molecule has 18 heavy (non-hydrogen) atoms. The van der Waals surface area contributed by atoms with Crippen LogP contribution in [-0.2, 0) is 14.6 Å². The topological polar surface area (TPSA) is 43.4 Å². The Morgan fingerprint density at radius 2 is 2.06 bits per heavy atom. The first-order valence-electron chi connectivity index (χ1n) is 5.64. The molecule has 1 heterocycles. The summed E-state index contributed by atoms with van der Waals surface area (Å²) in [4.78, 5) is 0. The average Bonchev–Trinajstić information content (AvgIpc) is 2.57. The van der Waals surface area contributed by atoms with E-state index in [0.717, 1.165) is 0 Å². The van der Waals surface area contributed by atoms with E-state index in [-0.39, 0.29) is 35.8 Å². The fourth-order valence-corrected chi connectivity index (χ4v) is 4.38. The lowest BCUT2D eigenvalue weighted by atomic mass is 9.91. The van der Waals surface area contributed by atoms with Crippen molar-refractivity contribution in [3.05, 3.63) is 0 Å². The normalized spacial score (nSPS) is 25.2. The zero-order chi connectivity index (χ0) is 13.8. The number of halogens is 4. The molecule has 2 atom stereocenters. The zero-order valence-electron chi connectivity index (χ0n) is 9.75. The molecule has 1 fully saturated rings. The molecule has 1 aliphatic rings. The molecule has 3 nitrogen and oxygen atoms in total. The van der Waals surface area contributed by atoms with E-state index >= 15 is 0 Å². The van der Waals surface area contributed by atoms with E-state index in [1.54, 1.807) is 0 Å². The summed E-state index contributed by atoms with van der Waals surface area (Å²) in [6.45, 7) is -1.32. The molecule has 0 saturated carbocycles. The average molecular weight is 309 g/mol. The van der Waals surface area contributed by atoms with Gasteiger partial charge in [-0.3, -0.25) is 0 Å². The van der Waals surface area contributed by atoms with Gasteiger partial charge in [0.2, 0.25) is 0 Å². The Bertz CT molecular complexity index is 356. The molecule has 0 aromatic rings. The molecule has 0 aromatic heterocycles. The number of sulfone groups is 1. The summed E-state index contributed by atoms with van der Waals surface area (Å²) in [5, 5.41) is 0. The summed E-state index contributed by atoms with van der Waals surface area (Å²) in [7, 11) is -2.98. The van der Waals surface area contributed by atoms with Gasteiger partial charge in [0.1, 0.15) is 6.61 Å². The first-order valence-corrected chi connectivity index (χ1v) is 8.00. The van der Waals surface area contributed by atoms with Crippen LogP contribution in [0.25, 0.3) is 0 Å². The number of hydrogen-bond acceptors (Lipinski definition) is 3. The summed E-state index contributed by atoms with van der Waals surface area (Å²) in [6, 6.07) is 0. The molecule has 0 N–H and O–H groups in total. The molecule has 1 saturated heterocycles. The lowest BCUT2D eigenvalue weighted by molar-refractivity contribution is -0.174. The molecule has 1 rings (SSSR count). The third kappa shape index (κ3) is 5.75. The van der Waals surface area contributed by atoms with Gasteiger partial charge in [0, 0.05) is 12.5 Å². The van der Waals surface area contributed by atoms with Crippen LogP contribution in [0.1, 0.15) is 12.8 Å². The minimum atomic E-state index is -4.33.